The van der Waals surface area contributed by atoms with Gasteiger partial charge in [-0.1, -0.05) is 184 Å². The number of thiophene rings is 2. The number of aliphatic imine (C=N–C) groups is 4. The maximum atomic E-state index is 10.0. The Morgan fingerprint density at radius 1 is 0.327 bits per heavy atom. The first-order valence-corrected chi connectivity index (χ1v) is 48.7. The number of carbonyl (C=O) groups excluding carboxylic acids is 4. The van der Waals surface area contributed by atoms with Crippen LogP contribution in [0, 0.1) is 24.3 Å². The summed E-state index contributed by atoms with van der Waals surface area (Å²) >= 11 is 3.46. The van der Waals surface area contributed by atoms with Crippen LogP contribution in [0.25, 0.3) is 96.4 Å². The van der Waals surface area contributed by atoms with Crippen LogP contribution in [0.5, 0.6) is 5.75 Å². The third-order valence-electron chi connectivity index (χ3n) is 21.8. The fourth-order valence-corrected chi connectivity index (χ4v) is 17.9. The zero-order valence-corrected chi connectivity index (χ0v) is 97.9. The van der Waals surface area contributed by atoms with Gasteiger partial charge in [-0.2, -0.15) is 0 Å². The number of para-hydroxylation sites is 2. The summed E-state index contributed by atoms with van der Waals surface area (Å²) in [6.07, 6.45) is 28.4. The number of phenolic OH excluding ortho intramolecular Hbond substituents is 1. The number of aliphatic hydroxyl groups is 4. The Balaban J connectivity index is 0.000000361. The number of aliphatic hydroxyl groups excluding tert-OH is 4. The van der Waals surface area contributed by atoms with E-state index in [1.54, 1.807) is 41.0 Å². The quantitative estimate of drug-likeness (QED) is 0.0342. The molecule has 5 aliphatic rings. The number of pyridine rings is 5. The first-order chi connectivity index (χ1) is 68.1. The number of ketones is 4. The van der Waals surface area contributed by atoms with Gasteiger partial charge in [0.15, 0.2) is 23.1 Å². The molecule has 7 aromatic heterocycles. The van der Waals surface area contributed by atoms with Crippen LogP contribution in [0.1, 0.15) is 170 Å². The van der Waals surface area contributed by atoms with Crippen LogP contribution in [0.2, 0.25) is 0 Å². The molecule has 14 aromatic rings. The Bertz CT molecular complexity index is 6810. The maximum Gasteiger partial charge on any atom is 0.155 e. The first kappa shape index (κ1) is 127. The SMILES string of the molecule is C.CC(=O)C=C(C)O.CC(=O)C=C(C)O.CC(=O)C=C(C)O.CC(=O)C=C(C)O.CCC1=C(CC)C2=NC1=CC1=NC(=CC3=NC(=CC4=NC(=C2)C(CC)=C4CC)C(CC)=C3CC)C(CC)=C1CC.Oc1cccc2cccnc12.[Ir].[Ir].[Ir].[Ir].[Pt].[c-]1c(-c2ccccn2)sc2ccccc12.[c-]1c(-c2ccccn2)sc2ccccc12.[c-]1ccccc1-c1ccc2ccccc2n1.[c-]1ccccc1-c1nccc2ccccc12. The molecule has 12 heterocycles. The first-order valence-electron chi connectivity index (χ1n) is 47.0. The third kappa shape index (κ3) is 37.7. The second-order valence-electron chi connectivity index (χ2n) is 32.6. The predicted octanol–water partition coefficient (Wildman–Crippen LogP) is 31.5. The molecule has 0 aliphatic carbocycles. The van der Waals surface area contributed by atoms with E-state index in [0.29, 0.717) is 5.52 Å². The summed E-state index contributed by atoms with van der Waals surface area (Å²) in [5.41, 5.74) is 26.9. The van der Waals surface area contributed by atoms with Gasteiger partial charge >= 0.3 is 0 Å². The van der Waals surface area contributed by atoms with Crippen molar-refractivity contribution >= 4 is 121 Å². The number of aromatic hydroxyl groups is 1. The van der Waals surface area contributed by atoms with Crippen molar-refractivity contribution in [3.05, 3.63) is 419 Å². The number of carbonyl (C=O) groups is 4. The molecule has 0 saturated heterocycles. The van der Waals surface area contributed by atoms with Crippen LogP contribution in [0.3, 0.4) is 0 Å². The normalized spacial score (nSPS) is 13.0. The van der Waals surface area contributed by atoms with E-state index in [0.717, 1.165) is 152 Å². The maximum absolute atomic E-state index is 10.0. The molecule has 0 amide bonds. The molecule has 8 bridgehead atoms. The van der Waals surface area contributed by atoms with Crippen molar-refractivity contribution in [3.63, 3.8) is 0 Å². The standard InChI is InChI=1S/C36H44N4.2C15H10N.2C13H8NS.C9H7NO.4C5H8O2.CH4.4Ir.Pt/c1-9-21-22(10-2)30-18-32-25(13-5)26(14-6)34(39-32)20-36-28(16-8)27(15-7)35(40-36)19-33-24(12-4)23(11-3)31(38-33)17-29(21)37-30;1-2-7-13(8-3-1)15-14-9-5-4-6-12(14)10-11-16-15;1-2-6-12(7-3-1)15-11-10-13-8-4-5-9-14(13)16-15;2*1-2-7-12-10(5-1)9-13(15-12)11-6-3-4-8-14-11;11-8-5-1-3-7-4-2-6-10-9(7)8;4*1-4(6)3-5(2)7;;;;;;/h17-20H,9-16H2,1-8H3;1-7,9-11H;1-6,8-11H;2*1-8H;1-6,11H;4*3,6H,1-2H3;1H4;;;;;/q;4*-1;;;;;;;;;;;. The Hall–Kier alpha value is -12.5. The second-order valence-corrected chi connectivity index (χ2v) is 34.7. The van der Waals surface area contributed by atoms with E-state index in [1.807, 2.05) is 176 Å². The molecule has 0 saturated carbocycles. The van der Waals surface area contributed by atoms with Gasteiger partial charge < -0.3 is 40.5 Å². The van der Waals surface area contributed by atoms with Crippen LogP contribution in [0.15, 0.2) is 414 Å². The Labute approximate surface area is 941 Å². The summed E-state index contributed by atoms with van der Waals surface area (Å²) in [6, 6.07) is 89.1. The molecule has 772 valence electrons. The van der Waals surface area contributed by atoms with E-state index >= 15 is 0 Å². The number of aromatic nitrogens is 5. The minimum atomic E-state index is -0.125. The van der Waals surface area contributed by atoms with E-state index in [2.05, 4.69) is 190 Å². The Morgan fingerprint density at radius 2 is 0.673 bits per heavy atom. The molecule has 147 heavy (non-hydrogen) atoms. The van der Waals surface area contributed by atoms with Crippen molar-refractivity contribution in [2.24, 2.45) is 20.0 Å². The van der Waals surface area contributed by atoms with E-state index in [9.17, 15) is 24.3 Å². The van der Waals surface area contributed by atoms with E-state index in [1.165, 1.54) is 161 Å². The fraction of sp³-hybridized carbons (Fsp3) is 0.205. The number of phenols is 1. The minimum Gasteiger partial charge on any atom is -0.512 e. The molecular formula is C122H123Ir4N9O9PtS2-4. The number of benzene rings is 7. The van der Waals surface area contributed by atoms with Crippen molar-refractivity contribution in [2.75, 3.05) is 0 Å². The molecule has 7 aromatic carbocycles. The number of hydrogen-bond acceptors (Lipinski definition) is 20. The van der Waals surface area contributed by atoms with Gasteiger partial charge in [-0.25, -0.2) is 42.6 Å². The van der Waals surface area contributed by atoms with Crippen molar-refractivity contribution in [1.82, 2.24) is 24.9 Å². The number of rotatable bonds is 16. The summed E-state index contributed by atoms with van der Waals surface area (Å²) in [5.74, 6) is -0.0110. The number of fused-ring (bicyclic) bond motifs is 9. The molecule has 5 aliphatic heterocycles. The number of nitrogens with zero attached hydrogens (tertiary/aromatic N) is 9. The average Bonchev–Trinajstić information content (AvgIpc) is 1.61. The summed E-state index contributed by atoms with van der Waals surface area (Å²) in [5, 5.41) is 49.6. The third-order valence-corrected chi connectivity index (χ3v) is 24.0. The van der Waals surface area contributed by atoms with Gasteiger partial charge in [-0.05, 0) is 259 Å². The monoisotopic (exact) mass is 2890 g/mol. The average molecular weight is 2890 g/mol. The molecule has 5 N–H and O–H groups in total. The second kappa shape index (κ2) is 65.3. The largest absolute Gasteiger partial charge is 0.512 e. The fourth-order valence-electron chi connectivity index (χ4n) is 15.9. The van der Waals surface area contributed by atoms with E-state index < -0.39 is 0 Å². The minimum absolute atomic E-state index is 0. The van der Waals surface area contributed by atoms with Crippen molar-refractivity contribution in [1.29, 1.82) is 0 Å². The molecule has 0 spiro atoms. The van der Waals surface area contributed by atoms with Crippen LogP contribution in [0.4, 0.5) is 0 Å². The van der Waals surface area contributed by atoms with Crippen molar-refractivity contribution in [3.8, 4) is 49.4 Å². The van der Waals surface area contributed by atoms with Gasteiger partial charge in [0.1, 0.15) is 11.3 Å². The van der Waals surface area contributed by atoms with Gasteiger partial charge in [0.2, 0.25) is 0 Å². The summed E-state index contributed by atoms with van der Waals surface area (Å²) in [4.78, 5) is 85.0. The molecule has 19 rings (SSSR count). The molecule has 25 heteroatoms. The Kier molecular flexibility index (Phi) is 56.3. The summed E-state index contributed by atoms with van der Waals surface area (Å²) in [6.45, 7) is 29.3. The topological polar surface area (TPSA) is 283 Å². The van der Waals surface area contributed by atoms with E-state index in [4.69, 9.17) is 40.4 Å². The van der Waals surface area contributed by atoms with Crippen LogP contribution >= 0.6 is 22.7 Å². The molecular weight excluding hydrogens is 2760 g/mol. The smallest absolute Gasteiger partial charge is 0.155 e. The molecule has 0 atom stereocenters. The van der Waals surface area contributed by atoms with Gasteiger partial charge in [0, 0.05) is 167 Å². The Morgan fingerprint density at radius 3 is 1.03 bits per heavy atom. The van der Waals surface area contributed by atoms with Gasteiger partial charge in [-0.15, -0.1) is 119 Å². The van der Waals surface area contributed by atoms with Crippen molar-refractivity contribution < 1.29 is 146 Å². The summed E-state index contributed by atoms with van der Waals surface area (Å²) in [7, 11) is 0. The molecule has 0 unspecified atom stereocenters. The van der Waals surface area contributed by atoms with Crippen LogP contribution in [-0.4, -0.2) is 96.4 Å². The zero-order chi connectivity index (χ0) is 101. The van der Waals surface area contributed by atoms with Crippen LogP contribution in [-0.2, 0) is 121 Å². The van der Waals surface area contributed by atoms with Crippen LogP contribution < -0.4 is 0 Å². The molecule has 18 nitrogen and oxygen atoms in total. The molecule has 0 fully saturated rings. The number of hydrogen-bond donors (Lipinski definition) is 5. The van der Waals surface area contributed by atoms with Crippen molar-refractivity contribution in [2.45, 2.75) is 170 Å². The zero-order valence-electron chi connectivity index (χ0n) is 84.4. The number of allylic oxidation sites excluding steroid dienone is 20. The van der Waals surface area contributed by atoms with E-state index in [-0.39, 0.29) is 161 Å². The van der Waals surface area contributed by atoms with Gasteiger partial charge in [0.25, 0.3) is 0 Å². The van der Waals surface area contributed by atoms with Gasteiger partial charge in [-0.3, -0.25) is 29.1 Å². The molecule has 4 radical (unpaired) electrons. The summed E-state index contributed by atoms with van der Waals surface area (Å²) < 4.78 is 2.52. The van der Waals surface area contributed by atoms with Gasteiger partial charge in [0.05, 0.1) is 74.2 Å². The predicted molar refractivity (Wildman–Crippen MR) is 591 cm³/mol.